The maximum atomic E-state index is 3.36. The summed E-state index contributed by atoms with van der Waals surface area (Å²) in [5.74, 6) is 0. The van der Waals surface area contributed by atoms with Crippen molar-refractivity contribution >= 4 is 43.1 Å². The zero-order chi connectivity index (χ0) is 29.9. The molecule has 8 aromatic rings. The predicted molar refractivity (Wildman–Crippen MR) is 193 cm³/mol. The molecule has 208 valence electrons. The second-order valence-electron chi connectivity index (χ2n) is 11.0. The van der Waals surface area contributed by atoms with E-state index in [0.717, 1.165) is 0 Å². The van der Waals surface area contributed by atoms with Gasteiger partial charge in [-0.25, -0.2) is 0 Å². The molecule has 0 unspecified atom stereocenters. The van der Waals surface area contributed by atoms with Gasteiger partial charge < -0.3 is 0 Å². The van der Waals surface area contributed by atoms with Crippen LogP contribution in [0.4, 0.5) is 0 Å². The molecular formula is C44H32. The molecule has 0 heteroatoms. The molecule has 0 aromatic heterocycles. The summed E-state index contributed by atoms with van der Waals surface area (Å²) in [7, 11) is 0. The third kappa shape index (κ3) is 4.97. The molecule has 8 aromatic carbocycles. The van der Waals surface area contributed by atoms with Gasteiger partial charge in [-0.2, -0.15) is 0 Å². The van der Waals surface area contributed by atoms with Gasteiger partial charge in [0.05, 0.1) is 0 Å². The molecule has 0 radical (unpaired) electrons. The van der Waals surface area contributed by atoms with Crippen molar-refractivity contribution in [1.82, 2.24) is 0 Å². The van der Waals surface area contributed by atoms with E-state index < -0.39 is 0 Å². The van der Waals surface area contributed by atoms with Crippen molar-refractivity contribution in [2.24, 2.45) is 0 Å². The monoisotopic (exact) mass is 560 g/mol. The van der Waals surface area contributed by atoms with Crippen LogP contribution in [-0.4, -0.2) is 0 Å². The van der Waals surface area contributed by atoms with Gasteiger partial charge in [0.15, 0.2) is 0 Å². The Morgan fingerprint density at radius 3 is 1.23 bits per heavy atom. The van der Waals surface area contributed by atoms with E-state index >= 15 is 0 Å². The molecule has 0 aliphatic carbocycles. The molecule has 0 amide bonds. The highest BCUT2D eigenvalue weighted by atomic mass is 14.2. The van der Waals surface area contributed by atoms with E-state index in [9.17, 15) is 0 Å². The molecule has 0 aliphatic rings. The first-order chi connectivity index (χ1) is 21.7. The lowest BCUT2D eigenvalue weighted by Gasteiger charge is -2.18. The fourth-order valence-corrected chi connectivity index (χ4v) is 6.31. The Kier molecular flexibility index (Phi) is 7.32. The second kappa shape index (κ2) is 11.9. The molecule has 0 fully saturated rings. The zero-order valence-corrected chi connectivity index (χ0v) is 24.6. The lowest BCUT2D eigenvalue weighted by atomic mass is 9.85. The van der Waals surface area contributed by atoms with Crippen molar-refractivity contribution in [3.8, 4) is 33.4 Å². The van der Waals surface area contributed by atoms with Crippen LogP contribution >= 0.6 is 0 Å². The van der Waals surface area contributed by atoms with E-state index in [1.54, 1.807) is 12.2 Å². The zero-order valence-electron chi connectivity index (χ0n) is 24.6. The predicted octanol–water partition coefficient (Wildman–Crippen LogP) is 12.7. The summed E-state index contributed by atoms with van der Waals surface area (Å²) in [5.41, 5.74) is 7.58. The summed E-state index contributed by atoms with van der Waals surface area (Å²) in [6.07, 6.45) is 3.28. The van der Waals surface area contributed by atoms with E-state index in [2.05, 4.69) is 171 Å². The third-order valence-corrected chi connectivity index (χ3v) is 8.37. The van der Waals surface area contributed by atoms with E-state index in [-0.39, 0.29) is 0 Å². The molecule has 0 aliphatic heterocycles. The molecule has 44 heavy (non-hydrogen) atoms. The van der Waals surface area contributed by atoms with E-state index in [1.165, 1.54) is 76.5 Å². The Hall–Kier alpha value is -5.72. The number of hydrogen-bond acceptors (Lipinski definition) is 0. The third-order valence-electron chi connectivity index (χ3n) is 8.37. The van der Waals surface area contributed by atoms with Crippen LogP contribution in [-0.2, 0) is 0 Å². The van der Waals surface area contributed by atoms with Crippen molar-refractivity contribution in [3.05, 3.63) is 183 Å². The summed E-state index contributed by atoms with van der Waals surface area (Å²) >= 11 is 0. The molecule has 0 bridgehead atoms. The fraction of sp³-hybridized carbons (Fsp3) is 0. The Labute approximate surface area is 258 Å². The van der Waals surface area contributed by atoms with Crippen LogP contribution in [0.5, 0.6) is 0 Å². The van der Waals surface area contributed by atoms with Gasteiger partial charge in [0.2, 0.25) is 0 Å². The first-order valence-corrected chi connectivity index (χ1v) is 15.0. The van der Waals surface area contributed by atoms with Crippen LogP contribution in [0, 0.1) is 0 Å². The minimum absolute atomic E-state index is 1.24. The largest absolute Gasteiger partial charge is 0.0991 e. The first-order valence-electron chi connectivity index (χ1n) is 15.0. The summed E-state index contributed by atoms with van der Waals surface area (Å²) in [4.78, 5) is 0. The topological polar surface area (TPSA) is 0 Å². The molecule has 0 N–H and O–H groups in total. The first kappa shape index (κ1) is 27.1. The summed E-state index contributed by atoms with van der Waals surface area (Å²) in [6, 6.07) is 57.6. The van der Waals surface area contributed by atoms with Crippen LogP contribution in [0.15, 0.2) is 183 Å². The average molecular weight is 561 g/mol. The Morgan fingerprint density at radius 1 is 0.295 bits per heavy atom. The number of benzene rings is 8. The van der Waals surface area contributed by atoms with E-state index in [0.29, 0.717) is 0 Å². The van der Waals surface area contributed by atoms with Crippen molar-refractivity contribution in [3.63, 3.8) is 0 Å². The maximum absolute atomic E-state index is 3.36. The van der Waals surface area contributed by atoms with Crippen molar-refractivity contribution in [2.45, 2.75) is 0 Å². The van der Waals surface area contributed by atoms with Gasteiger partial charge in [-0.1, -0.05) is 165 Å². The van der Waals surface area contributed by atoms with Gasteiger partial charge in [0.1, 0.15) is 0 Å². The van der Waals surface area contributed by atoms with Crippen LogP contribution in [0.25, 0.3) is 76.5 Å². The van der Waals surface area contributed by atoms with Crippen molar-refractivity contribution < 1.29 is 0 Å². The molecule has 0 atom stereocenters. The Morgan fingerprint density at radius 2 is 0.682 bits per heavy atom. The number of allylic oxidation sites excluding steroid dienone is 2. The standard InChI is InChI=1S/C40H26.C4H6/c1-2-11-29(12-3-1)39-35-14-6-8-16-37(35)40(38-17-9-7-15-36(38)39)33-23-20-28-19-22-32(25-34(28)26-33)31-21-18-27-10-4-5-13-30(27)24-31;1-3-4-2/h1-26H;3-4H,1-2H2. The van der Waals surface area contributed by atoms with E-state index in [1.807, 2.05) is 0 Å². The molecule has 0 saturated heterocycles. The minimum Gasteiger partial charge on any atom is -0.0991 e. The van der Waals surface area contributed by atoms with Crippen LogP contribution < -0.4 is 0 Å². The molecule has 8 rings (SSSR count). The Balaban J connectivity index is 0.000000739. The second-order valence-corrected chi connectivity index (χ2v) is 11.0. The van der Waals surface area contributed by atoms with Gasteiger partial charge in [-0.15, -0.1) is 0 Å². The van der Waals surface area contributed by atoms with Crippen molar-refractivity contribution in [1.29, 1.82) is 0 Å². The normalized spacial score (nSPS) is 10.9. The molecule has 0 spiro atoms. The van der Waals surface area contributed by atoms with Crippen LogP contribution in [0.3, 0.4) is 0 Å². The average Bonchev–Trinajstić information content (AvgIpc) is 3.10. The van der Waals surface area contributed by atoms with Crippen LogP contribution in [0.2, 0.25) is 0 Å². The Bertz CT molecular complexity index is 2240. The lowest BCUT2D eigenvalue weighted by molar-refractivity contribution is 1.65. The number of rotatable bonds is 4. The van der Waals surface area contributed by atoms with Gasteiger partial charge in [0, 0.05) is 0 Å². The molecular weight excluding hydrogens is 528 g/mol. The van der Waals surface area contributed by atoms with Gasteiger partial charge in [-0.3, -0.25) is 0 Å². The van der Waals surface area contributed by atoms with Gasteiger partial charge in [-0.05, 0) is 94.7 Å². The highest BCUT2D eigenvalue weighted by Gasteiger charge is 2.16. The summed E-state index contributed by atoms with van der Waals surface area (Å²) in [5, 5.41) is 10.2. The quantitative estimate of drug-likeness (QED) is 0.148. The maximum Gasteiger partial charge on any atom is -0.00262 e. The SMILES string of the molecule is C=CC=C.c1ccc(-c2c3ccccc3c(-c3ccc4ccc(-c5ccc6ccccc6c5)cc4c3)c3ccccc23)cc1. The molecule has 0 heterocycles. The van der Waals surface area contributed by atoms with E-state index in [4.69, 9.17) is 0 Å². The van der Waals surface area contributed by atoms with Crippen LogP contribution in [0.1, 0.15) is 0 Å². The van der Waals surface area contributed by atoms with Gasteiger partial charge in [0.25, 0.3) is 0 Å². The number of fused-ring (bicyclic) bond motifs is 4. The molecule has 0 saturated carbocycles. The summed E-state index contributed by atoms with van der Waals surface area (Å²) < 4.78 is 0. The summed E-state index contributed by atoms with van der Waals surface area (Å²) in [6.45, 7) is 6.72. The number of hydrogen-bond donors (Lipinski definition) is 0. The highest BCUT2D eigenvalue weighted by molar-refractivity contribution is 6.21. The molecule has 0 nitrogen and oxygen atoms in total. The highest BCUT2D eigenvalue weighted by Crippen LogP contribution is 2.44. The minimum atomic E-state index is 1.24. The van der Waals surface area contributed by atoms with Gasteiger partial charge >= 0.3 is 0 Å². The fourth-order valence-electron chi connectivity index (χ4n) is 6.31. The lowest BCUT2D eigenvalue weighted by Crippen LogP contribution is -1.90. The smallest absolute Gasteiger partial charge is 0.00262 e. The van der Waals surface area contributed by atoms with Crippen molar-refractivity contribution in [2.75, 3.05) is 0 Å².